The Morgan fingerprint density at radius 1 is 1.00 bits per heavy atom. The molecule has 0 N–H and O–H groups in total. The second kappa shape index (κ2) is 8.48. The van der Waals surface area contributed by atoms with Crippen LogP contribution in [-0.2, 0) is 12.7 Å². The first-order valence-corrected chi connectivity index (χ1v) is 8.93. The average Bonchev–Trinajstić information content (AvgIpc) is 2.67. The Balaban J connectivity index is 1.61. The van der Waals surface area contributed by atoms with E-state index in [-0.39, 0.29) is 0 Å². The molecule has 0 atom stereocenters. The summed E-state index contributed by atoms with van der Waals surface area (Å²) in [4.78, 5) is 4.30. The van der Waals surface area contributed by atoms with Crippen molar-refractivity contribution in [3.05, 3.63) is 72.3 Å². The largest absolute Gasteiger partial charge is 0.489 e. The predicted octanol–water partition coefficient (Wildman–Crippen LogP) is 4.59. The Morgan fingerprint density at radius 2 is 1.74 bits per heavy atom. The van der Waals surface area contributed by atoms with Gasteiger partial charge in [-0.3, -0.25) is 4.90 Å². The van der Waals surface area contributed by atoms with E-state index in [9.17, 15) is 13.2 Å². The summed E-state index contributed by atoms with van der Waals surface area (Å²) in [6.07, 6.45) is -2.60. The number of alkyl halides is 3. The molecule has 0 spiro atoms. The Hall–Kier alpha value is -2.47. The molecule has 0 aromatic heterocycles. The molecule has 1 aliphatic rings. The van der Waals surface area contributed by atoms with Crippen LogP contribution in [0.2, 0.25) is 0 Å². The van der Waals surface area contributed by atoms with Gasteiger partial charge in [-0.1, -0.05) is 36.9 Å². The quantitative estimate of drug-likeness (QED) is 0.686. The monoisotopic (exact) mass is 376 g/mol. The summed E-state index contributed by atoms with van der Waals surface area (Å²) in [5.74, 6) is 0.845. The number of piperazine rings is 1. The van der Waals surface area contributed by atoms with Gasteiger partial charge in [-0.25, -0.2) is 0 Å². The third-order valence-corrected chi connectivity index (χ3v) is 4.63. The van der Waals surface area contributed by atoms with Crippen molar-refractivity contribution in [1.29, 1.82) is 0 Å². The summed E-state index contributed by atoms with van der Waals surface area (Å²) in [6, 6.07) is 13.5. The number of anilines is 1. The van der Waals surface area contributed by atoms with Crippen molar-refractivity contribution in [2.45, 2.75) is 12.7 Å². The zero-order valence-electron chi connectivity index (χ0n) is 15.1. The molecule has 2 aromatic rings. The minimum absolute atomic E-state index is 0.459. The van der Waals surface area contributed by atoms with E-state index in [4.69, 9.17) is 4.74 Å². The van der Waals surface area contributed by atoms with Crippen LogP contribution in [0.1, 0.15) is 11.1 Å². The first-order valence-electron chi connectivity index (χ1n) is 8.93. The van der Waals surface area contributed by atoms with Crippen LogP contribution in [0.15, 0.2) is 61.2 Å². The molecule has 27 heavy (non-hydrogen) atoms. The Labute approximate surface area is 157 Å². The highest BCUT2D eigenvalue weighted by atomic mass is 19.4. The van der Waals surface area contributed by atoms with Crippen molar-refractivity contribution in [2.75, 3.05) is 37.7 Å². The first-order chi connectivity index (χ1) is 13.0. The molecule has 3 rings (SSSR count). The zero-order valence-corrected chi connectivity index (χ0v) is 15.1. The maximum absolute atomic E-state index is 12.9. The maximum Gasteiger partial charge on any atom is 0.416 e. The smallest absolute Gasteiger partial charge is 0.416 e. The van der Waals surface area contributed by atoms with Gasteiger partial charge < -0.3 is 9.64 Å². The lowest BCUT2D eigenvalue weighted by Gasteiger charge is -2.36. The number of hydrogen-bond acceptors (Lipinski definition) is 3. The molecule has 0 unspecified atom stereocenters. The molecule has 2 aromatic carbocycles. The fraction of sp³-hybridized carbons (Fsp3) is 0.333. The number of ether oxygens (including phenoxy) is 1. The van der Waals surface area contributed by atoms with Crippen molar-refractivity contribution >= 4 is 5.69 Å². The van der Waals surface area contributed by atoms with E-state index in [1.165, 1.54) is 12.1 Å². The third-order valence-electron chi connectivity index (χ3n) is 4.63. The van der Waals surface area contributed by atoms with Crippen LogP contribution in [0.3, 0.4) is 0 Å². The van der Waals surface area contributed by atoms with Gasteiger partial charge in [0.15, 0.2) is 0 Å². The van der Waals surface area contributed by atoms with Crippen LogP contribution < -0.4 is 9.64 Å². The number of rotatable bonds is 6. The molecule has 1 heterocycles. The average molecular weight is 376 g/mol. The lowest BCUT2D eigenvalue weighted by molar-refractivity contribution is -0.137. The summed E-state index contributed by atoms with van der Waals surface area (Å²) in [7, 11) is 0. The van der Waals surface area contributed by atoms with Gasteiger partial charge >= 0.3 is 6.18 Å². The van der Waals surface area contributed by atoms with Crippen LogP contribution in [0.25, 0.3) is 0 Å². The fourth-order valence-electron chi connectivity index (χ4n) is 3.21. The van der Waals surface area contributed by atoms with E-state index >= 15 is 0 Å². The van der Waals surface area contributed by atoms with Crippen LogP contribution in [-0.4, -0.2) is 37.7 Å². The summed E-state index contributed by atoms with van der Waals surface area (Å²) in [5.41, 5.74) is 1.13. The van der Waals surface area contributed by atoms with Gasteiger partial charge in [-0.05, 0) is 24.3 Å². The SMILES string of the molecule is C=CCOc1ccccc1CN1CCN(c2cccc(C(F)(F)F)c2)CC1. The van der Waals surface area contributed by atoms with Crippen LogP contribution >= 0.6 is 0 Å². The van der Waals surface area contributed by atoms with Gasteiger partial charge in [-0.15, -0.1) is 0 Å². The highest BCUT2D eigenvalue weighted by Gasteiger charge is 2.31. The molecule has 0 amide bonds. The fourth-order valence-corrected chi connectivity index (χ4v) is 3.21. The van der Waals surface area contributed by atoms with E-state index in [1.54, 1.807) is 12.1 Å². The topological polar surface area (TPSA) is 15.7 Å². The number of para-hydroxylation sites is 1. The predicted molar refractivity (Wildman–Crippen MR) is 101 cm³/mol. The summed E-state index contributed by atoms with van der Waals surface area (Å²) in [6.45, 7) is 7.83. The van der Waals surface area contributed by atoms with E-state index in [0.717, 1.165) is 37.0 Å². The molecule has 0 aliphatic carbocycles. The molecule has 0 bridgehead atoms. The van der Waals surface area contributed by atoms with Gasteiger partial charge in [0, 0.05) is 44.0 Å². The molecular weight excluding hydrogens is 353 g/mol. The van der Waals surface area contributed by atoms with E-state index in [2.05, 4.69) is 11.5 Å². The van der Waals surface area contributed by atoms with Gasteiger partial charge in [0.1, 0.15) is 12.4 Å². The van der Waals surface area contributed by atoms with E-state index in [0.29, 0.717) is 25.4 Å². The maximum atomic E-state index is 12.9. The van der Waals surface area contributed by atoms with Crippen molar-refractivity contribution in [1.82, 2.24) is 4.90 Å². The molecule has 1 aliphatic heterocycles. The molecule has 144 valence electrons. The van der Waals surface area contributed by atoms with E-state index in [1.807, 2.05) is 29.2 Å². The van der Waals surface area contributed by atoms with E-state index < -0.39 is 11.7 Å². The van der Waals surface area contributed by atoms with Crippen molar-refractivity contribution in [3.8, 4) is 5.75 Å². The Bertz CT molecular complexity index is 768. The van der Waals surface area contributed by atoms with Gasteiger partial charge in [-0.2, -0.15) is 13.2 Å². The van der Waals surface area contributed by atoms with Gasteiger partial charge in [0.25, 0.3) is 0 Å². The third kappa shape index (κ3) is 5.04. The van der Waals surface area contributed by atoms with Crippen molar-refractivity contribution in [3.63, 3.8) is 0 Å². The summed E-state index contributed by atoms with van der Waals surface area (Å²) in [5, 5.41) is 0. The second-order valence-corrected chi connectivity index (χ2v) is 6.52. The lowest BCUT2D eigenvalue weighted by Crippen LogP contribution is -2.46. The molecule has 3 nitrogen and oxygen atoms in total. The highest BCUT2D eigenvalue weighted by molar-refractivity contribution is 5.49. The number of nitrogens with zero attached hydrogens (tertiary/aromatic N) is 2. The normalized spacial score (nSPS) is 15.6. The summed E-state index contributed by atoms with van der Waals surface area (Å²) >= 11 is 0. The lowest BCUT2D eigenvalue weighted by atomic mass is 10.1. The number of benzene rings is 2. The van der Waals surface area contributed by atoms with Crippen LogP contribution in [0.5, 0.6) is 5.75 Å². The second-order valence-electron chi connectivity index (χ2n) is 6.52. The zero-order chi connectivity index (χ0) is 19.3. The number of halogens is 3. The Morgan fingerprint density at radius 3 is 2.44 bits per heavy atom. The minimum Gasteiger partial charge on any atom is -0.489 e. The molecule has 6 heteroatoms. The molecular formula is C21H23F3N2O. The molecule has 0 saturated carbocycles. The highest BCUT2D eigenvalue weighted by Crippen LogP contribution is 2.32. The first kappa shape index (κ1) is 19.3. The molecule has 1 saturated heterocycles. The van der Waals surface area contributed by atoms with Gasteiger partial charge in [0.05, 0.1) is 5.56 Å². The molecule has 1 fully saturated rings. The van der Waals surface area contributed by atoms with Crippen molar-refractivity contribution < 1.29 is 17.9 Å². The van der Waals surface area contributed by atoms with Crippen LogP contribution in [0, 0.1) is 0 Å². The Kier molecular flexibility index (Phi) is 6.06. The van der Waals surface area contributed by atoms with Crippen molar-refractivity contribution in [2.24, 2.45) is 0 Å². The standard InChI is InChI=1S/C21H23F3N2O/c1-2-14-27-20-9-4-3-6-17(20)16-25-10-12-26(13-11-25)19-8-5-7-18(15-19)21(22,23)24/h2-9,15H,1,10-14,16H2. The van der Waals surface area contributed by atoms with Gasteiger partial charge in [0.2, 0.25) is 0 Å². The molecule has 0 radical (unpaired) electrons. The summed E-state index contributed by atoms with van der Waals surface area (Å²) < 4.78 is 44.5. The van der Waals surface area contributed by atoms with Crippen LogP contribution in [0.4, 0.5) is 18.9 Å². The minimum atomic E-state index is -4.31. The number of hydrogen-bond donors (Lipinski definition) is 0.